The van der Waals surface area contributed by atoms with E-state index in [0.29, 0.717) is 0 Å². The number of nitrogens with zero attached hydrogens (tertiary/aromatic N) is 4. The fourth-order valence-corrected chi connectivity index (χ4v) is 3.12. The number of fused-ring (bicyclic) bond motifs is 3. The van der Waals surface area contributed by atoms with E-state index in [9.17, 15) is 0 Å². The van der Waals surface area contributed by atoms with Gasteiger partial charge in [0.25, 0.3) is 0 Å². The van der Waals surface area contributed by atoms with Gasteiger partial charge in [0.15, 0.2) is 11.5 Å². The van der Waals surface area contributed by atoms with E-state index in [1.165, 1.54) is 4.90 Å². The number of aromatic nitrogens is 4. The first kappa shape index (κ1) is 13.6. The van der Waals surface area contributed by atoms with Crippen molar-refractivity contribution in [3.63, 3.8) is 0 Å². The van der Waals surface area contributed by atoms with Gasteiger partial charge in [0.2, 0.25) is 0 Å². The second kappa shape index (κ2) is 5.62. The van der Waals surface area contributed by atoms with Crippen molar-refractivity contribution in [1.82, 2.24) is 19.6 Å². The molecule has 1 aliphatic rings. The molecule has 0 saturated carbocycles. The minimum Gasteiger partial charge on any atom is -0.370 e. The Morgan fingerprint density at radius 2 is 1.95 bits per heavy atom. The molecule has 4 rings (SSSR count). The van der Waals surface area contributed by atoms with Gasteiger partial charge in [-0.25, -0.2) is 4.98 Å². The van der Waals surface area contributed by atoms with E-state index in [4.69, 9.17) is 9.72 Å². The molecule has 0 atom stereocenters. The van der Waals surface area contributed by atoms with Crippen molar-refractivity contribution in [3.05, 3.63) is 35.9 Å². The minimum atomic E-state index is 0.827. The molecule has 0 aliphatic carbocycles. The summed E-state index contributed by atoms with van der Waals surface area (Å²) in [6.07, 6.45) is 0.866. The number of rotatable bonds is 3. The molecule has 6 heteroatoms. The van der Waals surface area contributed by atoms with Gasteiger partial charge in [-0.15, -0.1) is 10.2 Å². The second-order valence-corrected chi connectivity index (χ2v) is 5.71. The summed E-state index contributed by atoms with van der Waals surface area (Å²) in [5, 5.41) is 9.97. The lowest BCUT2D eigenvalue weighted by Gasteiger charge is -2.23. The summed E-state index contributed by atoms with van der Waals surface area (Å²) < 4.78 is 7.58. The zero-order valence-electron chi connectivity index (χ0n) is 12.7. The van der Waals surface area contributed by atoms with Gasteiger partial charge in [-0.1, -0.05) is 19.1 Å². The number of quaternary nitrogens is 1. The van der Waals surface area contributed by atoms with Crippen molar-refractivity contribution in [3.8, 4) is 0 Å². The third-order valence-electron chi connectivity index (χ3n) is 4.31. The van der Waals surface area contributed by atoms with Crippen molar-refractivity contribution in [1.29, 1.82) is 0 Å². The van der Waals surface area contributed by atoms with E-state index in [1.54, 1.807) is 0 Å². The third-order valence-corrected chi connectivity index (χ3v) is 4.31. The lowest BCUT2D eigenvalue weighted by atomic mass is 10.2. The van der Waals surface area contributed by atoms with Gasteiger partial charge in [-0.3, -0.25) is 4.40 Å². The number of para-hydroxylation sites is 1. The van der Waals surface area contributed by atoms with Crippen LogP contribution in [0.3, 0.4) is 0 Å². The second-order valence-electron chi connectivity index (χ2n) is 5.71. The molecule has 114 valence electrons. The number of ether oxygens (including phenoxy) is 1. The molecule has 1 aromatic carbocycles. The topological polar surface area (TPSA) is 56.8 Å². The highest BCUT2D eigenvalue weighted by Crippen LogP contribution is 2.19. The normalized spacial score (nSPS) is 16.6. The molecule has 0 bridgehead atoms. The maximum atomic E-state index is 5.43. The maximum Gasteiger partial charge on any atom is 0.194 e. The maximum absolute atomic E-state index is 5.43. The minimum absolute atomic E-state index is 0.827. The molecular weight excluding hydrogens is 278 g/mol. The monoisotopic (exact) mass is 298 g/mol. The van der Waals surface area contributed by atoms with Gasteiger partial charge in [0.05, 0.1) is 18.7 Å². The molecule has 1 N–H and O–H groups in total. The van der Waals surface area contributed by atoms with Crippen molar-refractivity contribution in [2.75, 3.05) is 26.3 Å². The van der Waals surface area contributed by atoms with Crippen LogP contribution in [0.15, 0.2) is 24.3 Å². The van der Waals surface area contributed by atoms with Gasteiger partial charge in [0.1, 0.15) is 25.5 Å². The molecular formula is C16H20N5O+. The van der Waals surface area contributed by atoms with Crippen LogP contribution in [0.1, 0.15) is 18.6 Å². The van der Waals surface area contributed by atoms with Gasteiger partial charge in [0, 0.05) is 11.8 Å². The van der Waals surface area contributed by atoms with Crippen LogP contribution in [0, 0.1) is 0 Å². The van der Waals surface area contributed by atoms with Crippen LogP contribution in [0.2, 0.25) is 0 Å². The molecule has 22 heavy (non-hydrogen) atoms. The zero-order chi connectivity index (χ0) is 14.9. The molecule has 0 amide bonds. The Balaban J connectivity index is 1.83. The highest BCUT2D eigenvalue weighted by Gasteiger charge is 2.20. The summed E-state index contributed by atoms with van der Waals surface area (Å²) in [5.41, 5.74) is 1.91. The molecule has 1 fully saturated rings. The largest absolute Gasteiger partial charge is 0.370 e. The highest BCUT2D eigenvalue weighted by molar-refractivity contribution is 5.91. The summed E-state index contributed by atoms with van der Waals surface area (Å²) in [5.74, 6) is 2.03. The zero-order valence-corrected chi connectivity index (χ0v) is 12.7. The Bertz CT molecular complexity index is 807. The number of morpholine rings is 1. The first-order valence-electron chi connectivity index (χ1n) is 7.89. The van der Waals surface area contributed by atoms with E-state index in [2.05, 4.69) is 27.6 Å². The SMILES string of the molecule is CCc1nc2ccccc2c2nnc(C[NH+]3CCOCC3)n12. The summed E-state index contributed by atoms with van der Waals surface area (Å²) in [6.45, 7) is 6.70. The predicted molar refractivity (Wildman–Crippen MR) is 82.9 cm³/mol. The summed E-state index contributed by atoms with van der Waals surface area (Å²) in [7, 11) is 0. The van der Waals surface area contributed by atoms with E-state index in [1.807, 2.05) is 18.2 Å². The lowest BCUT2D eigenvalue weighted by molar-refractivity contribution is -0.922. The smallest absolute Gasteiger partial charge is 0.194 e. The molecule has 0 spiro atoms. The third kappa shape index (κ3) is 2.24. The van der Waals surface area contributed by atoms with Crippen molar-refractivity contribution < 1.29 is 9.64 Å². The predicted octanol–water partition coefficient (Wildman–Crippen LogP) is 0.255. The Morgan fingerprint density at radius 3 is 2.77 bits per heavy atom. The van der Waals surface area contributed by atoms with Crippen molar-refractivity contribution in [2.24, 2.45) is 0 Å². The van der Waals surface area contributed by atoms with Gasteiger partial charge in [-0.05, 0) is 12.1 Å². The fraction of sp³-hybridized carbons (Fsp3) is 0.438. The molecule has 0 radical (unpaired) electrons. The average Bonchev–Trinajstić information content (AvgIpc) is 2.99. The van der Waals surface area contributed by atoms with Crippen molar-refractivity contribution >= 4 is 16.6 Å². The van der Waals surface area contributed by atoms with Crippen LogP contribution in [-0.2, 0) is 17.7 Å². The standard InChI is InChI=1S/C16H19N5O/c1-2-14-17-13-6-4-3-5-12(13)16-19-18-15(21(14)16)11-20-7-9-22-10-8-20/h3-6H,2,7-11H2,1H3/p+1. The first-order chi connectivity index (χ1) is 10.9. The summed E-state index contributed by atoms with van der Waals surface area (Å²) in [6, 6.07) is 8.14. The number of hydrogen-bond donors (Lipinski definition) is 1. The molecule has 0 unspecified atom stereocenters. The number of hydrogen-bond acceptors (Lipinski definition) is 4. The van der Waals surface area contributed by atoms with Crippen LogP contribution >= 0.6 is 0 Å². The van der Waals surface area contributed by atoms with E-state index in [-0.39, 0.29) is 0 Å². The number of aryl methyl sites for hydroxylation is 1. The van der Waals surface area contributed by atoms with Crippen LogP contribution in [0.25, 0.3) is 16.6 Å². The molecule has 2 aromatic heterocycles. The molecule has 1 saturated heterocycles. The molecule has 6 nitrogen and oxygen atoms in total. The van der Waals surface area contributed by atoms with Gasteiger partial charge in [-0.2, -0.15) is 0 Å². The molecule has 3 heterocycles. The molecule has 3 aromatic rings. The average molecular weight is 298 g/mol. The van der Waals surface area contributed by atoms with Gasteiger partial charge >= 0.3 is 0 Å². The Kier molecular flexibility index (Phi) is 3.48. The number of benzene rings is 1. The van der Waals surface area contributed by atoms with Crippen LogP contribution in [0.4, 0.5) is 0 Å². The lowest BCUT2D eigenvalue weighted by Crippen LogP contribution is -3.12. The Hall–Kier alpha value is -2.05. The van der Waals surface area contributed by atoms with E-state index < -0.39 is 0 Å². The van der Waals surface area contributed by atoms with Crippen molar-refractivity contribution in [2.45, 2.75) is 19.9 Å². The Labute approximate surface area is 128 Å². The summed E-state index contributed by atoms with van der Waals surface area (Å²) >= 11 is 0. The summed E-state index contributed by atoms with van der Waals surface area (Å²) in [4.78, 5) is 6.29. The number of nitrogens with one attached hydrogen (secondary N) is 1. The molecule has 1 aliphatic heterocycles. The van der Waals surface area contributed by atoms with Crippen LogP contribution in [0.5, 0.6) is 0 Å². The fourth-order valence-electron chi connectivity index (χ4n) is 3.12. The van der Waals surface area contributed by atoms with E-state index in [0.717, 1.165) is 67.5 Å². The highest BCUT2D eigenvalue weighted by atomic mass is 16.5. The first-order valence-corrected chi connectivity index (χ1v) is 7.89. The van der Waals surface area contributed by atoms with Crippen LogP contribution in [-0.4, -0.2) is 45.9 Å². The quantitative estimate of drug-likeness (QED) is 0.753. The van der Waals surface area contributed by atoms with E-state index >= 15 is 0 Å². The Morgan fingerprint density at radius 1 is 1.14 bits per heavy atom. The van der Waals surface area contributed by atoms with Crippen LogP contribution < -0.4 is 4.90 Å². The van der Waals surface area contributed by atoms with Gasteiger partial charge < -0.3 is 9.64 Å².